The fourth-order valence-electron chi connectivity index (χ4n) is 2.13. The Morgan fingerprint density at radius 3 is 1.38 bits per heavy atom. The van der Waals surface area contributed by atoms with Gasteiger partial charge in [-0.05, 0) is 81.6 Å². The number of hydrogen-bond acceptors (Lipinski definition) is 5. The van der Waals surface area contributed by atoms with Gasteiger partial charge in [-0.3, -0.25) is 4.79 Å². The van der Waals surface area contributed by atoms with Crippen molar-refractivity contribution in [3.05, 3.63) is 54.7 Å². The molecule has 0 aliphatic heterocycles. The molecular formula is C15H12I2O5S2. The average molecular weight is 590 g/mol. The number of sulfone groups is 2. The maximum absolute atomic E-state index is 12.9. The van der Waals surface area contributed by atoms with Gasteiger partial charge in [-0.25, -0.2) is 16.8 Å². The van der Waals surface area contributed by atoms with Gasteiger partial charge in [0.15, 0.2) is 25.5 Å². The van der Waals surface area contributed by atoms with Gasteiger partial charge in [-0.2, -0.15) is 0 Å². The lowest BCUT2D eigenvalue weighted by Crippen LogP contribution is -2.13. The van der Waals surface area contributed by atoms with E-state index < -0.39 is 25.5 Å². The molecule has 0 spiro atoms. The van der Waals surface area contributed by atoms with Crippen LogP contribution in [0.25, 0.3) is 0 Å². The molecule has 0 saturated heterocycles. The Morgan fingerprint density at radius 2 is 1.08 bits per heavy atom. The van der Waals surface area contributed by atoms with E-state index in [1.807, 2.05) is 45.2 Å². The first-order valence-corrected chi connectivity index (χ1v) is 12.4. The third-order valence-electron chi connectivity index (χ3n) is 3.18. The molecule has 0 atom stereocenters. The van der Waals surface area contributed by atoms with Crippen LogP contribution in [0.1, 0.15) is 15.9 Å². The molecule has 0 heterocycles. The number of ketones is 1. The molecule has 0 unspecified atom stereocenters. The molecule has 9 heteroatoms. The van der Waals surface area contributed by atoms with Crippen LogP contribution in [0.15, 0.2) is 46.2 Å². The average Bonchev–Trinajstić information content (AvgIpc) is 2.44. The van der Waals surface area contributed by atoms with E-state index in [4.69, 9.17) is 0 Å². The van der Waals surface area contributed by atoms with Crippen molar-refractivity contribution < 1.29 is 21.6 Å². The lowest BCUT2D eigenvalue weighted by atomic mass is 10.0. The van der Waals surface area contributed by atoms with Crippen molar-refractivity contribution in [1.82, 2.24) is 0 Å². The van der Waals surface area contributed by atoms with Gasteiger partial charge in [-0.1, -0.05) is 0 Å². The Balaban J connectivity index is 2.77. The van der Waals surface area contributed by atoms with E-state index in [9.17, 15) is 21.6 Å². The lowest BCUT2D eigenvalue weighted by Gasteiger charge is -2.11. The monoisotopic (exact) mass is 590 g/mol. The molecule has 5 nitrogen and oxygen atoms in total. The summed E-state index contributed by atoms with van der Waals surface area (Å²) < 4.78 is 49.3. The van der Waals surface area contributed by atoms with Crippen LogP contribution in [0.3, 0.4) is 0 Å². The van der Waals surface area contributed by atoms with E-state index in [0.29, 0.717) is 7.14 Å². The van der Waals surface area contributed by atoms with Gasteiger partial charge in [0.05, 0.1) is 9.79 Å². The van der Waals surface area contributed by atoms with Crippen LogP contribution in [0, 0.1) is 7.14 Å². The van der Waals surface area contributed by atoms with Gasteiger partial charge in [0.25, 0.3) is 0 Å². The minimum atomic E-state index is -3.64. The first-order chi connectivity index (χ1) is 10.9. The van der Waals surface area contributed by atoms with E-state index in [-0.39, 0.29) is 20.9 Å². The lowest BCUT2D eigenvalue weighted by molar-refractivity contribution is 0.103. The minimum absolute atomic E-state index is 0.0379. The minimum Gasteiger partial charge on any atom is -0.289 e. The smallest absolute Gasteiger partial charge is 0.195 e. The van der Waals surface area contributed by atoms with E-state index in [1.54, 1.807) is 12.1 Å². The van der Waals surface area contributed by atoms with Crippen LogP contribution in [0.5, 0.6) is 0 Å². The van der Waals surface area contributed by atoms with Gasteiger partial charge in [0.1, 0.15) is 0 Å². The summed E-state index contributed by atoms with van der Waals surface area (Å²) >= 11 is 3.90. The second kappa shape index (κ2) is 7.00. The number of rotatable bonds is 4. The number of carbonyl (C=O) groups is 1. The highest BCUT2D eigenvalue weighted by molar-refractivity contribution is 14.1. The molecule has 0 aliphatic carbocycles. The first kappa shape index (κ1) is 19.8. The Labute approximate surface area is 168 Å². The maximum Gasteiger partial charge on any atom is 0.195 e. The zero-order valence-electron chi connectivity index (χ0n) is 12.6. The molecule has 2 rings (SSSR count). The first-order valence-electron chi connectivity index (χ1n) is 6.45. The summed E-state index contributed by atoms with van der Waals surface area (Å²) in [7, 11) is -7.28. The molecule has 2 aromatic carbocycles. The quantitative estimate of drug-likeness (QED) is 0.404. The highest BCUT2D eigenvalue weighted by Gasteiger charge is 2.25. The predicted molar refractivity (Wildman–Crippen MR) is 108 cm³/mol. The zero-order chi connectivity index (χ0) is 18.3. The summed E-state index contributed by atoms with van der Waals surface area (Å²) in [6, 6.07) is 8.82. The fraction of sp³-hybridized carbons (Fsp3) is 0.133. The van der Waals surface area contributed by atoms with Crippen molar-refractivity contribution in [3.8, 4) is 0 Å². The summed E-state index contributed by atoms with van der Waals surface area (Å²) in [5.74, 6) is -0.636. The van der Waals surface area contributed by atoms with Gasteiger partial charge in [-0.15, -0.1) is 0 Å². The van der Waals surface area contributed by atoms with Crippen molar-refractivity contribution in [1.29, 1.82) is 0 Å². The Hall–Kier alpha value is -0.530. The van der Waals surface area contributed by atoms with Gasteiger partial charge in [0.2, 0.25) is 0 Å². The standard InChI is InChI=1S/C15H12I2O5S2/c1-23(19,20)13-7-9(16)3-5-11(13)15(18)12-6-4-10(17)8-14(12)24(2,21)22/h3-8H,1-2H3. The SMILES string of the molecule is CS(=O)(=O)c1cc(I)ccc1C(=O)c1ccc(I)cc1S(C)(=O)=O. The molecule has 0 aliphatic rings. The molecule has 0 N–H and O–H groups in total. The summed E-state index contributed by atoms with van der Waals surface area (Å²) in [6.07, 6.45) is 2.03. The van der Waals surface area contributed by atoms with Crippen LogP contribution < -0.4 is 0 Å². The predicted octanol–water partition coefficient (Wildman–Crippen LogP) is 2.93. The molecule has 0 radical (unpaired) electrons. The molecule has 24 heavy (non-hydrogen) atoms. The van der Waals surface area contributed by atoms with Crippen molar-refractivity contribution in [2.24, 2.45) is 0 Å². The van der Waals surface area contributed by atoms with Crippen molar-refractivity contribution >= 4 is 70.6 Å². The molecular weight excluding hydrogens is 578 g/mol. The second-order valence-corrected chi connectivity index (χ2v) is 11.6. The molecule has 0 bridgehead atoms. The van der Waals surface area contributed by atoms with Crippen LogP contribution in [-0.4, -0.2) is 35.1 Å². The Morgan fingerprint density at radius 1 is 0.750 bits per heavy atom. The van der Waals surface area contributed by atoms with Gasteiger partial charge < -0.3 is 0 Å². The van der Waals surface area contributed by atoms with Gasteiger partial charge in [0, 0.05) is 30.8 Å². The Bertz CT molecular complexity index is 958. The van der Waals surface area contributed by atoms with E-state index >= 15 is 0 Å². The fourth-order valence-corrected chi connectivity index (χ4v) is 5.33. The van der Waals surface area contributed by atoms with Crippen molar-refractivity contribution in [3.63, 3.8) is 0 Å². The number of carbonyl (C=O) groups excluding carboxylic acids is 1. The number of benzene rings is 2. The highest BCUT2D eigenvalue weighted by Crippen LogP contribution is 2.26. The normalized spacial score (nSPS) is 12.2. The molecule has 0 saturated carbocycles. The van der Waals surface area contributed by atoms with Gasteiger partial charge >= 0.3 is 0 Å². The molecule has 0 fully saturated rings. The van der Waals surface area contributed by atoms with Crippen LogP contribution in [0.2, 0.25) is 0 Å². The second-order valence-electron chi connectivity index (χ2n) is 5.15. The topological polar surface area (TPSA) is 85.3 Å². The Kier molecular flexibility index (Phi) is 5.77. The number of hydrogen-bond donors (Lipinski definition) is 0. The van der Waals surface area contributed by atoms with E-state index in [0.717, 1.165) is 12.5 Å². The maximum atomic E-state index is 12.9. The van der Waals surface area contributed by atoms with E-state index in [1.165, 1.54) is 24.3 Å². The number of halogens is 2. The van der Waals surface area contributed by atoms with E-state index in [2.05, 4.69) is 0 Å². The summed E-state index contributed by atoms with van der Waals surface area (Å²) in [5.41, 5.74) is -0.0759. The van der Waals surface area contributed by atoms with Crippen LogP contribution in [-0.2, 0) is 19.7 Å². The molecule has 2 aromatic rings. The molecule has 0 amide bonds. The summed E-state index contributed by atoms with van der Waals surface area (Å²) in [4.78, 5) is 12.6. The van der Waals surface area contributed by atoms with Crippen molar-refractivity contribution in [2.45, 2.75) is 9.79 Å². The molecule has 0 aromatic heterocycles. The molecule has 128 valence electrons. The highest BCUT2D eigenvalue weighted by atomic mass is 127. The van der Waals surface area contributed by atoms with Crippen LogP contribution in [0.4, 0.5) is 0 Å². The van der Waals surface area contributed by atoms with Crippen molar-refractivity contribution in [2.75, 3.05) is 12.5 Å². The summed E-state index contributed by atoms with van der Waals surface area (Å²) in [6.45, 7) is 0. The third-order valence-corrected chi connectivity index (χ3v) is 6.79. The largest absolute Gasteiger partial charge is 0.289 e. The third kappa shape index (κ3) is 4.35. The zero-order valence-corrected chi connectivity index (χ0v) is 18.5. The van der Waals surface area contributed by atoms with Crippen LogP contribution >= 0.6 is 45.2 Å². The summed E-state index contributed by atoms with van der Waals surface area (Å²) in [5, 5.41) is 0.